The molecule has 0 radical (unpaired) electrons. The molecule has 0 aromatic heterocycles. The molecular weight excluding hydrogens is 320 g/mol. The second-order valence-corrected chi connectivity index (χ2v) is 5.77. The van der Waals surface area contributed by atoms with Crippen LogP contribution in [-0.4, -0.2) is 41.2 Å². The maximum absolute atomic E-state index is 10.4. The summed E-state index contributed by atoms with van der Waals surface area (Å²) in [7, 11) is 0. The first-order chi connectivity index (χ1) is 11.9. The molecule has 0 fully saturated rings. The van der Waals surface area contributed by atoms with Gasteiger partial charge in [-0.3, -0.25) is 4.90 Å². The lowest BCUT2D eigenvalue weighted by Crippen LogP contribution is -3.11. The molecule has 1 aromatic carbocycles. The van der Waals surface area contributed by atoms with Crippen molar-refractivity contribution in [2.75, 3.05) is 13.1 Å². The number of carbonyl (C=O) groups excluding carboxylic acids is 1. The molecule has 138 valence electrons. The third-order valence-electron chi connectivity index (χ3n) is 4.40. The Morgan fingerprint density at radius 1 is 1.16 bits per heavy atom. The van der Waals surface area contributed by atoms with Crippen molar-refractivity contribution < 1.29 is 24.7 Å². The largest absolute Gasteiger partial charge is 0.545 e. The average Bonchev–Trinajstić information content (AvgIpc) is 2.98. The Bertz CT molecular complexity index is 595. The summed E-state index contributed by atoms with van der Waals surface area (Å²) in [5, 5.41) is 18.9. The number of carboxylic acids is 2. The first kappa shape index (κ1) is 20.7. The molecule has 0 saturated carbocycles. The molecule has 0 amide bonds. The zero-order valence-electron chi connectivity index (χ0n) is 15.4. The molecule has 0 spiro atoms. The molecule has 25 heavy (non-hydrogen) atoms. The van der Waals surface area contributed by atoms with Gasteiger partial charge >= 0.3 is 5.97 Å². The second-order valence-electron chi connectivity index (χ2n) is 5.77. The lowest BCUT2D eigenvalue weighted by molar-refractivity contribution is -0.876. The maximum Gasteiger partial charge on any atom is 0.336 e. The molecule has 2 rings (SSSR count). The van der Waals surface area contributed by atoms with Gasteiger partial charge in [0, 0.05) is 18.5 Å². The van der Waals surface area contributed by atoms with Gasteiger partial charge in [-0.25, -0.2) is 4.79 Å². The van der Waals surface area contributed by atoms with Crippen LogP contribution in [0.1, 0.15) is 61.3 Å². The van der Waals surface area contributed by atoms with E-state index in [1.54, 1.807) is 4.90 Å². The van der Waals surface area contributed by atoms with E-state index in [1.165, 1.54) is 49.3 Å². The van der Waals surface area contributed by atoms with Gasteiger partial charge in [0.05, 0.1) is 23.8 Å². The van der Waals surface area contributed by atoms with Gasteiger partial charge in [-0.1, -0.05) is 32.0 Å². The summed E-state index contributed by atoms with van der Waals surface area (Å²) >= 11 is 0. The molecule has 6 heteroatoms. The molecule has 1 aliphatic heterocycles. The van der Waals surface area contributed by atoms with E-state index in [4.69, 9.17) is 5.11 Å². The van der Waals surface area contributed by atoms with Crippen molar-refractivity contribution in [1.82, 2.24) is 4.90 Å². The van der Waals surface area contributed by atoms with Crippen LogP contribution >= 0.6 is 0 Å². The minimum atomic E-state index is -1.48. The summed E-state index contributed by atoms with van der Waals surface area (Å²) in [5.74, 6) is -2.75. The number of nitrogens with one attached hydrogen (secondary N) is 1. The molecule has 2 atom stereocenters. The van der Waals surface area contributed by atoms with Crippen molar-refractivity contribution in [2.45, 2.75) is 46.7 Å². The van der Waals surface area contributed by atoms with Crippen LogP contribution in [0.4, 0.5) is 0 Å². The van der Waals surface area contributed by atoms with Gasteiger partial charge in [-0.15, -0.1) is 0 Å². The van der Waals surface area contributed by atoms with Crippen molar-refractivity contribution in [2.24, 2.45) is 0 Å². The minimum absolute atomic E-state index is 0.252. The standard InChI is InChI=1S/C11H22N2.C8H6O4/c1-5-10-9-12(7-3)11(6-2)13(10)8-4;9-7(10)5-3-1-2-4-6(5)8(11)12/h9,11H,5-8H2,1-4H3;1-4H,(H,9,10)(H,11,12). The summed E-state index contributed by atoms with van der Waals surface area (Å²) in [6.07, 6.45) is 5.53. The Hall–Kier alpha value is -2.34. The molecule has 2 unspecified atom stereocenters. The number of rotatable bonds is 6. The van der Waals surface area contributed by atoms with Crippen molar-refractivity contribution in [3.8, 4) is 0 Å². The zero-order chi connectivity index (χ0) is 19.0. The topological polar surface area (TPSA) is 85.1 Å². The molecule has 0 saturated heterocycles. The highest BCUT2D eigenvalue weighted by Crippen LogP contribution is 2.15. The van der Waals surface area contributed by atoms with Crippen LogP contribution in [0.25, 0.3) is 0 Å². The van der Waals surface area contributed by atoms with Gasteiger partial charge in [-0.05, 0) is 26.3 Å². The summed E-state index contributed by atoms with van der Waals surface area (Å²) in [4.78, 5) is 25.0. The lowest BCUT2D eigenvalue weighted by Gasteiger charge is -2.27. The van der Waals surface area contributed by atoms with Crippen LogP contribution in [0.2, 0.25) is 0 Å². The molecule has 6 nitrogen and oxygen atoms in total. The fourth-order valence-corrected chi connectivity index (χ4v) is 3.19. The van der Waals surface area contributed by atoms with Crippen LogP contribution < -0.4 is 10.0 Å². The number of carboxylic acid groups (broad SMARTS) is 2. The van der Waals surface area contributed by atoms with E-state index in [-0.39, 0.29) is 11.1 Å². The van der Waals surface area contributed by atoms with Gasteiger partial charge in [0.2, 0.25) is 0 Å². The fourth-order valence-electron chi connectivity index (χ4n) is 3.19. The van der Waals surface area contributed by atoms with E-state index in [0.29, 0.717) is 6.17 Å². The van der Waals surface area contributed by atoms with E-state index in [1.807, 2.05) is 0 Å². The molecule has 0 aliphatic carbocycles. The number of allylic oxidation sites excluding steroid dienone is 1. The minimum Gasteiger partial charge on any atom is -0.545 e. The monoisotopic (exact) mass is 348 g/mol. The first-order valence-corrected chi connectivity index (χ1v) is 8.77. The Balaban J connectivity index is 0.000000251. The quantitative estimate of drug-likeness (QED) is 0.800. The number of hydrogen-bond donors (Lipinski definition) is 2. The predicted octanol–water partition coefficient (Wildman–Crippen LogP) is 0.963. The number of hydrogen-bond acceptors (Lipinski definition) is 4. The number of aromatic carboxylic acids is 2. The molecule has 2 N–H and O–H groups in total. The summed E-state index contributed by atoms with van der Waals surface area (Å²) in [6, 6.07) is 5.31. The first-order valence-electron chi connectivity index (χ1n) is 8.77. The number of carbonyl (C=O) groups is 2. The van der Waals surface area contributed by atoms with E-state index in [9.17, 15) is 14.7 Å². The molecular formula is C19H28N2O4. The Labute approximate surface area is 149 Å². The van der Waals surface area contributed by atoms with Crippen LogP contribution in [0, 0.1) is 0 Å². The van der Waals surface area contributed by atoms with Gasteiger partial charge < -0.3 is 19.9 Å². The van der Waals surface area contributed by atoms with E-state index < -0.39 is 11.9 Å². The van der Waals surface area contributed by atoms with Crippen LogP contribution in [0.15, 0.2) is 36.2 Å². The van der Waals surface area contributed by atoms with E-state index in [2.05, 4.69) is 38.8 Å². The number of quaternary nitrogens is 1. The van der Waals surface area contributed by atoms with E-state index >= 15 is 0 Å². The maximum atomic E-state index is 10.4. The van der Waals surface area contributed by atoms with Crippen LogP contribution in [0.5, 0.6) is 0 Å². The normalized spacial score (nSPS) is 19.0. The predicted molar refractivity (Wildman–Crippen MR) is 94.1 cm³/mol. The van der Waals surface area contributed by atoms with Crippen molar-refractivity contribution in [3.05, 3.63) is 47.3 Å². The summed E-state index contributed by atoms with van der Waals surface area (Å²) in [5.41, 5.74) is 0.980. The highest BCUT2D eigenvalue weighted by molar-refractivity contribution is 6.00. The number of nitrogens with zero attached hydrogens (tertiary/aromatic N) is 1. The third-order valence-corrected chi connectivity index (χ3v) is 4.40. The van der Waals surface area contributed by atoms with Crippen molar-refractivity contribution in [3.63, 3.8) is 0 Å². The molecule has 0 bridgehead atoms. The molecule has 1 aromatic rings. The summed E-state index contributed by atoms with van der Waals surface area (Å²) < 4.78 is 0. The Morgan fingerprint density at radius 2 is 1.76 bits per heavy atom. The highest BCUT2D eigenvalue weighted by Gasteiger charge is 2.31. The van der Waals surface area contributed by atoms with Gasteiger partial charge in [0.25, 0.3) is 0 Å². The van der Waals surface area contributed by atoms with Crippen LogP contribution in [0.3, 0.4) is 0 Å². The van der Waals surface area contributed by atoms with Crippen molar-refractivity contribution in [1.29, 1.82) is 0 Å². The third kappa shape index (κ3) is 5.06. The lowest BCUT2D eigenvalue weighted by atomic mass is 10.1. The number of benzene rings is 1. The van der Waals surface area contributed by atoms with Crippen LogP contribution in [-0.2, 0) is 0 Å². The molecule has 1 heterocycles. The summed E-state index contributed by atoms with van der Waals surface area (Å²) in [6.45, 7) is 11.4. The zero-order valence-corrected chi connectivity index (χ0v) is 15.4. The van der Waals surface area contributed by atoms with E-state index in [0.717, 1.165) is 6.54 Å². The fraction of sp³-hybridized carbons (Fsp3) is 0.474. The molecule has 1 aliphatic rings. The Kier molecular flexibility index (Phi) is 8.15. The SMILES string of the molecule is CCC1=C[NH+](CC)C(CC)N1CC.O=C([O-])c1ccccc1C(=O)O. The van der Waals surface area contributed by atoms with Gasteiger partial charge in [0.1, 0.15) is 6.20 Å². The van der Waals surface area contributed by atoms with Gasteiger partial charge in [-0.2, -0.15) is 0 Å². The highest BCUT2D eigenvalue weighted by atomic mass is 16.4. The van der Waals surface area contributed by atoms with Gasteiger partial charge in [0.15, 0.2) is 6.17 Å². The second kappa shape index (κ2) is 9.84. The Morgan fingerprint density at radius 3 is 2.12 bits per heavy atom. The van der Waals surface area contributed by atoms with Crippen molar-refractivity contribution >= 4 is 11.9 Å². The smallest absolute Gasteiger partial charge is 0.336 e. The average molecular weight is 348 g/mol.